The molecule has 9 heteroatoms. The third kappa shape index (κ3) is 4.79. The van der Waals surface area contributed by atoms with Gasteiger partial charge in [-0.05, 0) is 56.2 Å². The summed E-state index contributed by atoms with van der Waals surface area (Å²) < 4.78 is 31.3. The number of furan rings is 1. The van der Waals surface area contributed by atoms with Crippen LogP contribution in [0.25, 0.3) is 0 Å². The van der Waals surface area contributed by atoms with Gasteiger partial charge in [0.15, 0.2) is 0 Å². The summed E-state index contributed by atoms with van der Waals surface area (Å²) in [5, 5.41) is 5.25. The smallest absolute Gasteiger partial charge is 0.251 e. The van der Waals surface area contributed by atoms with Gasteiger partial charge in [-0.25, -0.2) is 12.7 Å². The zero-order valence-electron chi connectivity index (χ0n) is 16.6. The Morgan fingerprint density at radius 1 is 1.21 bits per heavy atom. The van der Waals surface area contributed by atoms with E-state index in [1.165, 1.54) is 26.4 Å². The first kappa shape index (κ1) is 21.6. The SMILES string of the molecule is Cc1cc(C(=O)NC(C)C(=O)NCc2ccco2)cc(S(=O)(=O)N(C)C)c1C. The van der Waals surface area contributed by atoms with E-state index < -0.39 is 22.0 Å². The number of hydrogen-bond acceptors (Lipinski definition) is 5. The number of aryl methyl sites for hydroxylation is 1. The van der Waals surface area contributed by atoms with E-state index in [-0.39, 0.29) is 22.9 Å². The maximum absolute atomic E-state index is 12.6. The lowest BCUT2D eigenvalue weighted by Gasteiger charge is -2.18. The van der Waals surface area contributed by atoms with Crippen molar-refractivity contribution in [2.24, 2.45) is 0 Å². The van der Waals surface area contributed by atoms with Crippen LogP contribution in [0.5, 0.6) is 0 Å². The number of hydrogen-bond donors (Lipinski definition) is 2. The molecule has 2 aromatic rings. The Bertz CT molecular complexity index is 966. The second-order valence-electron chi connectivity index (χ2n) is 6.70. The maximum atomic E-state index is 12.6. The van der Waals surface area contributed by atoms with Crippen LogP contribution in [0.1, 0.15) is 34.2 Å². The molecular weight excluding hydrogens is 382 g/mol. The lowest BCUT2D eigenvalue weighted by atomic mass is 10.1. The lowest BCUT2D eigenvalue weighted by molar-refractivity contribution is -0.122. The fraction of sp³-hybridized carbons (Fsp3) is 0.368. The minimum absolute atomic E-state index is 0.0672. The van der Waals surface area contributed by atoms with Crippen LogP contribution in [0.4, 0.5) is 0 Å². The molecule has 1 aromatic carbocycles. The fourth-order valence-electron chi connectivity index (χ4n) is 2.51. The highest BCUT2D eigenvalue weighted by molar-refractivity contribution is 7.89. The maximum Gasteiger partial charge on any atom is 0.251 e. The van der Waals surface area contributed by atoms with E-state index in [1.54, 1.807) is 39.0 Å². The molecule has 1 aromatic heterocycles. The molecule has 2 N–H and O–H groups in total. The number of nitrogens with zero attached hydrogens (tertiary/aromatic N) is 1. The number of carbonyl (C=O) groups is 2. The van der Waals surface area contributed by atoms with E-state index in [4.69, 9.17) is 4.42 Å². The van der Waals surface area contributed by atoms with Gasteiger partial charge in [-0.15, -0.1) is 0 Å². The summed E-state index contributed by atoms with van der Waals surface area (Å²) in [4.78, 5) is 24.8. The van der Waals surface area contributed by atoms with E-state index in [0.717, 1.165) is 4.31 Å². The Morgan fingerprint density at radius 2 is 1.89 bits per heavy atom. The third-order valence-electron chi connectivity index (χ3n) is 4.40. The van der Waals surface area contributed by atoms with Gasteiger partial charge in [-0.1, -0.05) is 0 Å². The summed E-state index contributed by atoms with van der Waals surface area (Å²) in [7, 11) is -0.835. The van der Waals surface area contributed by atoms with Gasteiger partial charge in [-0.3, -0.25) is 9.59 Å². The topological polar surface area (TPSA) is 109 Å². The Morgan fingerprint density at radius 3 is 2.46 bits per heavy atom. The predicted octanol–water partition coefficient (Wildman–Crippen LogP) is 1.58. The molecule has 2 rings (SSSR count). The molecule has 0 aliphatic rings. The molecule has 0 aliphatic heterocycles. The van der Waals surface area contributed by atoms with Crippen LogP contribution in [0, 0.1) is 13.8 Å². The summed E-state index contributed by atoms with van der Waals surface area (Å²) in [5.74, 6) is -0.312. The van der Waals surface area contributed by atoms with Gasteiger partial charge in [0.25, 0.3) is 5.91 Å². The van der Waals surface area contributed by atoms with Gasteiger partial charge in [0.1, 0.15) is 11.8 Å². The van der Waals surface area contributed by atoms with Crippen molar-refractivity contribution in [1.29, 1.82) is 0 Å². The van der Waals surface area contributed by atoms with Crippen LogP contribution in [0.15, 0.2) is 39.8 Å². The first-order valence-electron chi connectivity index (χ1n) is 8.68. The molecule has 8 nitrogen and oxygen atoms in total. The minimum Gasteiger partial charge on any atom is -0.467 e. The summed E-state index contributed by atoms with van der Waals surface area (Å²) in [6, 6.07) is 5.57. The van der Waals surface area contributed by atoms with Gasteiger partial charge < -0.3 is 15.1 Å². The molecular formula is C19H25N3O5S. The van der Waals surface area contributed by atoms with E-state index in [1.807, 2.05) is 0 Å². The number of sulfonamides is 1. The highest BCUT2D eigenvalue weighted by Gasteiger charge is 2.24. The van der Waals surface area contributed by atoms with Gasteiger partial charge in [-0.2, -0.15) is 0 Å². The average Bonchev–Trinajstić information content (AvgIpc) is 3.14. The molecule has 0 fully saturated rings. The Hall–Kier alpha value is -2.65. The second kappa shape index (κ2) is 8.57. The fourth-order valence-corrected chi connectivity index (χ4v) is 3.73. The van der Waals surface area contributed by atoms with Gasteiger partial charge >= 0.3 is 0 Å². The normalized spacial score (nSPS) is 12.6. The van der Waals surface area contributed by atoms with Crippen LogP contribution < -0.4 is 10.6 Å². The van der Waals surface area contributed by atoms with Gasteiger partial charge in [0.05, 0.1) is 17.7 Å². The highest BCUT2D eigenvalue weighted by atomic mass is 32.2. The van der Waals surface area contributed by atoms with E-state index in [2.05, 4.69) is 10.6 Å². The van der Waals surface area contributed by atoms with Crippen LogP contribution in [0.3, 0.4) is 0 Å². The molecule has 0 bridgehead atoms. The Balaban J connectivity index is 2.15. The minimum atomic E-state index is -3.70. The molecule has 1 heterocycles. The monoisotopic (exact) mass is 407 g/mol. The van der Waals surface area contributed by atoms with Crippen molar-refractivity contribution < 1.29 is 22.4 Å². The molecule has 28 heavy (non-hydrogen) atoms. The second-order valence-corrected chi connectivity index (χ2v) is 8.82. The quantitative estimate of drug-likeness (QED) is 0.724. The number of benzene rings is 1. The lowest BCUT2D eigenvalue weighted by Crippen LogP contribution is -2.44. The first-order valence-corrected chi connectivity index (χ1v) is 10.1. The van der Waals surface area contributed by atoms with Crippen molar-refractivity contribution in [3.63, 3.8) is 0 Å². The number of carbonyl (C=O) groups excluding carboxylic acids is 2. The Kier molecular flexibility index (Phi) is 6.63. The molecule has 0 radical (unpaired) electrons. The van der Waals surface area contributed by atoms with Crippen molar-refractivity contribution >= 4 is 21.8 Å². The molecule has 1 atom stereocenters. The van der Waals surface area contributed by atoms with E-state index >= 15 is 0 Å². The zero-order chi connectivity index (χ0) is 21.1. The molecule has 2 amide bonds. The van der Waals surface area contributed by atoms with Crippen molar-refractivity contribution in [2.45, 2.75) is 38.3 Å². The number of nitrogens with one attached hydrogen (secondary N) is 2. The molecule has 1 unspecified atom stereocenters. The summed E-state index contributed by atoms with van der Waals surface area (Å²) in [6.45, 7) is 5.19. The number of amides is 2. The van der Waals surface area contributed by atoms with Crippen molar-refractivity contribution in [2.75, 3.05) is 14.1 Å². The molecule has 0 spiro atoms. The summed E-state index contributed by atoms with van der Waals surface area (Å²) in [6.07, 6.45) is 1.51. The van der Waals surface area contributed by atoms with E-state index in [0.29, 0.717) is 16.9 Å². The van der Waals surface area contributed by atoms with Crippen LogP contribution in [-0.4, -0.2) is 44.7 Å². The van der Waals surface area contributed by atoms with Crippen LogP contribution in [0.2, 0.25) is 0 Å². The Labute approximate surface area is 165 Å². The molecule has 0 saturated carbocycles. The summed E-state index contributed by atoms with van der Waals surface area (Å²) in [5.41, 5.74) is 1.42. The summed E-state index contributed by atoms with van der Waals surface area (Å²) >= 11 is 0. The van der Waals surface area contributed by atoms with Crippen LogP contribution in [-0.2, 0) is 21.4 Å². The van der Waals surface area contributed by atoms with Gasteiger partial charge in [0.2, 0.25) is 15.9 Å². The van der Waals surface area contributed by atoms with Crippen LogP contribution >= 0.6 is 0 Å². The standard InChI is InChI=1S/C19H25N3O5S/c1-12-9-15(10-17(13(12)2)28(25,26)22(4)5)19(24)21-14(3)18(23)20-11-16-7-6-8-27-16/h6-10,14H,11H2,1-5H3,(H,20,23)(H,21,24). The van der Waals surface area contributed by atoms with Crippen molar-refractivity contribution in [3.8, 4) is 0 Å². The predicted molar refractivity (Wildman–Crippen MR) is 104 cm³/mol. The van der Waals surface area contributed by atoms with Crippen molar-refractivity contribution in [3.05, 3.63) is 53.0 Å². The van der Waals surface area contributed by atoms with Crippen molar-refractivity contribution in [1.82, 2.24) is 14.9 Å². The van der Waals surface area contributed by atoms with E-state index in [9.17, 15) is 18.0 Å². The largest absolute Gasteiger partial charge is 0.467 e. The molecule has 0 saturated heterocycles. The average molecular weight is 407 g/mol. The van der Waals surface area contributed by atoms with Gasteiger partial charge in [0, 0.05) is 19.7 Å². The highest BCUT2D eigenvalue weighted by Crippen LogP contribution is 2.23. The zero-order valence-corrected chi connectivity index (χ0v) is 17.4. The molecule has 152 valence electrons. The number of rotatable bonds is 7. The first-order chi connectivity index (χ1) is 13.0. The molecule has 0 aliphatic carbocycles. The third-order valence-corrected chi connectivity index (χ3v) is 6.34.